The van der Waals surface area contributed by atoms with Crippen LogP contribution in [0.1, 0.15) is 35.4 Å². The van der Waals surface area contributed by atoms with E-state index in [0.29, 0.717) is 5.92 Å². The third kappa shape index (κ3) is 3.07. The predicted molar refractivity (Wildman–Crippen MR) is 70.0 cm³/mol. The van der Waals surface area contributed by atoms with Crippen molar-refractivity contribution < 1.29 is 8.42 Å². The first-order valence-electron chi connectivity index (χ1n) is 6.09. The second-order valence-corrected chi connectivity index (χ2v) is 5.63. The van der Waals surface area contributed by atoms with Crippen molar-refractivity contribution in [3.05, 3.63) is 34.9 Å². The summed E-state index contributed by atoms with van der Waals surface area (Å²) in [6.07, 6.45) is 2.29. The number of hydrogen-bond acceptors (Lipinski definition) is 3. The zero-order valence-corrected chi connectivity index (χ0v) is 11.0. The number of benzene rings is 1. The van der Waals surface area contributed by atoms with Gasteiger partial charge in [0.1, 0.15) is 10.7 Å². The molecule has 0 aliphatic carbocycles. The normalized spacial score (nSPS) is 17.5. The summed E-state index contributed by atoms with van der Waals surface area (Å²) in [5.41, 5.74) is 3.46. The largest absolute Gasteiger partial charge is 0.317 e. The molecular formula is C13H19NO2S. The molecule has 0 unspecified atom stereocenters. The molecule has 0 atom stereocenters. The van der Waals surface area contributed by atoms with Crippen molar-refractivity contribution in [3.8, 4) is 0 Å². The van der Waals surface area contributed by atoms with Crippen molar-refractivity contribution in [2.45, 2.75) is 31.4 Å². The van der Waals surface area contributed by atoms with Gasteiger partial charge < -0.3 is 5.32 Å². The van der Waals surface area contributed by atoms with Crippen molar-refractivity contribution in [1.82, 2.24) is 5.32 Å². The van der Waals surface area contributed by atoms with Gasteiger partial charge in [-0.15, -0.1) is 0 Å². The summed E-state index contributed by atoms with van der Waals surface area (Å²) in [6, 6.07) is 6.05. The molecule has 0 aromatic heterocycles. The maximum atomic E-state index is 10.8. The molecule has 1 N–H and O–H groups in total. The molecule has 0 radical (unpaired) electrons. The summed E-state index contributed by atoms with van der Waals surface area (Å²) in [5, 5.41) is 3.35. The van der Waals surface area contributed by atoms with Gasteiger partial charge in [0.15, 0.2) is 0 Å². The lowest BCUT2D eigenvalue weighted by Crippen LogP contribution is -2.27. The van der Waals surface area contributed by atoms with Gasteiger partial charge in [-0.1, -0.05) is 18.2 Å². The fourth-order valence-corrected chi connectivity index (χ4v) is 3.21. The standard InChI is InChI=1S/C13H19NO2S/c1-10-12(9-17(15)16)3-2-4-13(10)11-5-7-14-8-6-11/h2-4,11,14,17H,5-9H2,1H3. The monoisotopic (exact) mass is 253 g/mol. The Labute approximate surface area is 104 Å². The van der Waals surface area contributed by atoms with Gasteiger partial charge in [-0.05, 0) is 55.5 Å². The molecule has 0 saturated carbocycles. The molecule has 0 bridgehead atoms. The third-order valence-electron chi connectivity index (χ3n) is 3.57. The van der Waals surface area contributed by atoms with Crippen LogP contribution in [0.4, 0.5) is 0 Å². The lowest BCUT2D eigenvalue weighted by molar-refractivity contribution is 0.459. The number of thiol groups is 1. The van der Waals surface area contributed by atoms with Gasteiger partial charge in [-0.25, -0.2) is 8.42 Å². The summed E-state index contributed by atoms with van der Waals surface area (Å²) in [7, 11) is -2.34. The lowest BCUT2D eigenvalue weighted by Gasteiger charge is -2.25. The first kappa shape index (κ1) is 12.6. The Bertz CT molecular complexity index is 454. The van der Waals surface area contributed by atoms with Crippen LogP contribution < -0.4 is 5.32 Å². The van der Waals surface area contributed by atoms with Crippen molar-refractivity contribution in [2.24, 2.45) is 0 Å². The fraction of sp³-hybridized carbons (Fsp3) is 0.538. The summed E-state index contributed by atoms with van der Waals surface area (Å²) in [5.74, 6) is 0.751. The van der Waals surface area contributed by atoms with Gasteiger partial charge in [0.2, 0.25) is 0 Å². The number of piperidine rings is 1. The van der Waals surface area contributed by atoms with E-state index in [2.05, 4.69) is 11.4 Å². The highest BCUT2D eigenvalue weighted by Gasteiger charge is 2.17. The predicted octanol–water partition coefficient (Wildman–Crippen LogP) is 1.57. The van der Waals surface area contributed by atoms with Gasteiger partial charge in [-0.2, -0.15) is 0 Å². The molecule has 94 valence electrons. The Morgan fingerprint density at radius 3 is 2.65 bits per heavy atom. The topological polar surface area (TPSA) is 46.2 Å². The molecule has 1 aliphatic heterocycles. The van der Waals surface area contributed by atoms with E-state index in [4.69, 9.17) is 0 Å². The Kier molecular flexibility index (Phi) is 4.18. The summed E-state index contributed by atoms with van der Waals surface area (Å²) in [4.78, 5) is 0. The molecule has 1 aliphatic rings. The molecule has 2 rings (SSSR count). The van der Waals surface area contributed by atoms with Crippen molar-refractivity contribution >= 4 is 10.7 Å². The summed E-state index contributed by atoms with van der Waals surface area (Å²) < 4.78 is 21.7. The van der Waals surface area contributed by atoms with E-state index in [1.807, 2.05) is 19.1 Å². The molecule has 0 spiro atoms. The molecule has 1 aromatic carbocycles. The Morgan fingerprint density at radius 2 is 2.00 bits per heavy atom. The first-order valence-corrected chi connectivity index (χ1v) is 7.45. The first-order chi connectivity index (χ1) is 8.18. The number of rotatable bonds is 3. The average Bonchev–Trinajstić information content (AvgIpc) is 2.32. The van der Waals surface area contributed by atoms with E-state index < -0.39 is 10.7 Å². The quantitative estimate of drug-likeness (QED) is 0.804. The molecule has 1 heterocycles. The van der Waals surface area contributed by atoms with E-state index in [1.54, 1.807) is 0 Å². The maximum absolute atomic E-state index is 10.8. The minimum Gasteiger partial charge on any atom is -0.317 e. The highest BCUT2D eigenvalue weighted by atomic mass is 32.2. The minimum absolute atomic E-state index is 0.167. The van der Waals surface area contributed by atoms with Gasteiger partial charge in [0.25, 0.3) is 0 Å². The van der Waals surface area contributed by atoms with E-state index in [9.17, 15) is 8.42 Å². The molecule has 3 nitrogen and oxygen atoms in total. The molecule has 1 aromatic rings. The summed E-state index contributed by atoms with van der Waals surface area (Å²) >= 11 is 0. The second kappa shape index (κ2) is 5.65. The maximum Gasteiger partial charge on any atom is 0.144 e. The number of hydrogen-bond donors (Lipinski definition) is 2. The van der Waals surface area contributed by atoms with Crippen LogP contribution in [0.15, 0.2) is 18.2 Å². The van der Waals surface area contributed by atoms with E-state index in [1.165, 1.54) is 11.1 Å². The smallest absolute Gasteiger partial charge is 0.144 e. The minimum atomic E-state index is -2.34. The van der Waals surface area contributed by atoms with Crippen LogP contribution in [0, 0.1) is 6.92 Å². The lowest BCUT2D eigenvalue weighted by atomic mass is 9.86. The van der Waals surface area contributed by atoms with Crippen LogP contribution in [0.5, 0.6) is 0 Å². The SMILES string of the molecule is Cc1c(C[SH](=O)=O)cccc1C1CCNCC1. The third-order valence-corrected chi connectivity index (χ3v) is 4.17. The van der Waals surface area contributed by atoms with Crippen LogP contribution >= 0.6 is 0 Å². The zero-order valence-electron chi connectivity index (χ0n) is 10.1. The Balaban J connectivity index is 2.27. The van der Waals surface area contributed by atoms with Crippen LogP contribution in [0.3, 0.4) is 0 Å². The molecular weight excluding hydrogens is 234 g/mol. The van der Waals surface area contributed by atoms with E-state index in [-0.39, 0.29) is 5.75 Å². The highest BCUT2D eigenvalue weighted by Crippen LogP contribution is 2.29. The Hall–Kier alpha value is -0.870. The molecule has 0 amide bonds. The van der Waals surface area contributed by atoms with Crippen molar-refractivity contribution in [2.75, 3.05) is 13.1 Å². The Morgan fingerprint density at radius 1 is 1.29 bits per heavy atom. The summed E-state index contributed by atoms with van der Waals surface area (Å²) in [6.45, 7) is 4.17. The van der Waals surface area contributed by atoms with Crippen LogP contribution in [0.25, 0.3) is 0 Å². The van der Waals surface area contributed by atoms with Crippen LogP contribution in [-0.4, -0.2) is 21.5 Å². The average molecular weight is 253 g/mol. The van der Waals surface area contributed by atoms with Crippen LogP contribution in [0.2, 0.25) is 0 Å². The van der Waals surface area contributed by atoms with Gasteiger partial charge in [-0.3, -0.25) is 0 Å². The highest BCUT2D eigenvalue weighted by molar-refractivity contribution is 7.71. The fourth-order valence-electron chi connectivity index (χ4n) is 2.59. The van der Waals surface area contributed by atoms with E-state index in [0.717, 1.165) is 31.5 Å². The van der Waals surface area contributed by atoms with E-state index >= 15 is 0 Å². The molecule has 17 heavy (non-hydrogen) atoms. The van der Waals surface area contributed by atoms with Gasteiger partial charge in [0, 0.05) is 0 Å². The van der Waals surface area contributed by atoms with Gasteiger partial charge >= 0.3 is 0 Å². The second-order valence-electron chi connectivity index (χ2n) is 4.65. The van der Waals surface area contributed by atoms with Crippen LogP contribution in [-0.2, 0) is 16.5 Å². The van der Waals surface area contributed by atoms with Crippen molar-refractivity contribution in [1.29, 1.82) is 0 Å². The van der Waals surface area contributed by atoms with Gasteiger partial charge in [0.05, 0.1) is 5.75 Å². The number of nitrogens with one attached hydrogen (secondary N) is 1. The van der Waals surface area contributed by atoms with Crippen molar-refractivity contribution in [3.63, 3.8) is 0 Å². The molecule has 4 heteroatoms. The zero-order chi connectivity index (χ0) is 12.3. The molecule has 1 fully saturated rings. The molecule has 1 saturated heterocycles.